The Balaban J connectivity index is 1.63. The summed E-state index contributed by atoms with van der Waals surface area (Å²) in [7, 11) is 0. The quantitative estimate of drug-likeness (QED) is 0.312. The summed E-state index contributed by atoms with van der Waals surface area (Å²) in [4.78, 5) is 49.9. The molecule has 3 heterocycles. The highest BCUT2D eigenvalue weighted by Gasteiger charge is 2.78. The Kier molecular flexibility index (Phi) is 9.39. The highest BCUT2D eigenvalue weighted by Crippen LogP contribution is 2.72. The number of rotatable bonds is 12. The largest absolute Gasteiger partial charge is 0.394 e. The molecule has 0 radical (unpaired) electrons. The predicted octanol–water partition coefficient (Wildman–Crippen LogP) is 5.54. The number of amides is 3. The molecule has 3 amide bonds. The second-order valence-corrected chi connectivity index (χ2v) is 15.3. The number of likely N-dealkylation sites (tertiary alicyclic amines) is 1. The number of thioether (sulfide) groups is 1. The van der Waals surface area contributed by atoms with E-state index >= 15 is 4.79 Å². The zero-order valence-corrected chi connectivity index (χ0v) is 28.1. The first-order valence-electron chi connectivity index (χ1n) is 16.0. The molecular formula is C37H47N3O4S. The van der Waals surface area contributed by atoms with Crippen molar-refractivity contribution in [1.82, 2.24) is 9.80 Å². The molecule has 8 heteroatoms. The Morgan fingerprint density at radius 2 is 1.67 bits per heavy atom. The molecule has 2 unspecified atom stereocenters. The molecule has 0 saturated carbocycles. The minimum Gasteiger partial charge on any atom is -0.394 e. The summed E-state index contributed by atoms with van der Waals surface area (Å²) in [5.74, 6) is -1.84. The SMILES string of the molecule is C=CCN(Cc1ccccc1)C(=O)[C@@H]1[C@H]2C(=O)N([C@@H](CO)C(C)C)C(C(=O)N(CC=C)c3c(C)cccc3C)C23CC[C@@]1(C)S3. The van der Waals surface area contributed by atoms with Gasteiger partial charge in [0.15, 0.2) is 0 Å². The minimum atomic E-state index is -0.833. The van der Waals surface area contributed by atoms with Crippen LogP contribution in [0.2, 0.25) is 0 Å². The van der Waals surface area contributed by atoms with Crippen LogP contribution in [-0.4, -0.2) is 73.9 Å². The van der Waals surface area contributed by atoms with Gasteiger partial charge in [0.1, 0.15) is 6.04 Å². The maximum absolute atomic E-state index is 15.1. The number of hydrogen-bond donors (Lipinski definition) is 1. The van der Waals surface area contributed by atoms with Crippen LogP contribution in [0.1, 0.15) is 50.3 Å². The molecule has 7 nitrogen and oxygen atoms in total. The third kappa shape index (κ3) is 5.44. The summed E-state index contributed by atoms with van der Waals surface area (Å²) in [6.07, 6.45) is 4.81. The van der Waals surface area contributed by atoms with Gasteiger partial charge < -0.3 is 19.8 Å². The van der Waals surface area contributed by atoms with Crippen molar-refractivity contribution in [2.24, 2.45) is 17.8 Å². The number of hydrogen-bond acceptors (Lipinski definition) is 5. The Bertz CT molecular complexity index is 1460. The average molecular weight is 630 g/mol. The molecule has 3 saturated heterocycles. The van der Waals surface area contributed by atoms with E-state index in [1.54, 1.807) is 38.6 Å². The minimum absolute atomic E-state index is 0.0791. The van der Waals surface area contributed by atoms with Gasteiger partial charge in [-0.3, -0.25) is 14.4 Å². The van der Waals surface area contributed by atoms with Gasteiger partial charge >= 0.3 is 0 Å². The highest BCUT2D eigenvalue weighted by atomic mass is 32.2. The van der Waals surface area contributed by atoms with Crippen LogP contribution in [0.15, 0.2) is 73.8 Å². The van der Waals surface area contributed by atoms with E-state index in [9.17, 15) is 14.7 Å². The topological polar surface area (TPSA) is 81.2 Å². The number of aliphatic hydroxyl groups is 1. The van der Waals surface area contributed by atoms with Crippen LogP contribution in [0.25, 0.3) is 0 Å². The summed E-state index contributed by atoms with van der Waals surface area (Å²) >= 11 is 1.66. The van der Waals surface area contributed by atoms with Crippen molar-refractivity contribution in [3.05, 3.63) is 90.5 Å². The van der Waals surface area contributed by atoms with Crippen molar-refractivity contribution >= 4 is 35.2 Å². The number of carbonyl (C=O) groups excluding carboxylic acids is 3. The highest BCUT2D eigenvalue weighted by molar-refractivity contribution is 8.02. The van der Waals surface area contributed by atoms with Gasteiger partial charge in [-0.15, -0.1) is 24.9 Å². The first-order chi connectivity index (χ1) is 21.5. The fourth-order valence-corrected chi connectivity index (χ4v) is 10.5. The first kappa shape index (κ1) is 33.0. The number of nitrogens with zero attached hydrogens (tertiary/aromatic N) is 3. The fraction of sp³-hybridized carbons (Fsp3) is 0.486. The second-order valence-electron chi connectivity index (χ2n) is 13.4. The monoisotopic (exact) mass is 629 g/mol. The van der Waals surface area contributed by atoms with Crippen molar-refractivity contribution in [2.45, 2.75) is 75.6 Å². The van der Waals surface area contributed by atoms with Gasteiger partial charge in [0.25, 0.3) is 5.91 Å². The third-order valence-electron chi connectivity index (χ3n) is 10.2. The molecule has 2 aromatic carbocycles. The van der Waals surface area contributed by atoms with E-state index in [1.807, 2.05) is 76.2 Å². The van der Waals surface area contributed by atoms with Crippen molar-refractivity contribution in [3.63, 3.8) is 0 Å². The molecule has 240 valence electrons. The molecule has 1 N–H and O–H groups in total. The van der Waals surface area contributed by atoms with E-state index < -0.39 is 33.4 Å². The van der Waals surface area contributed by atoms with Crippen molar-refractivity contribution in [3.8, 4) is 0 Å². The molecule has 2 aromatic rings. The van der Waals surface area contributed by atoms with E-state index in [2.05, 4.69) is 20.1 Å². The summed E-state index contributed by atoms with van der Waals surface area (Å²) in [5, 5.41) is 10.7. The zero-order valence-electron chi connectivity index (χ0n) is 27.2. The summed E-state index contributed by atoms with van der Waals surface area (Å²) in [6, 6.07) is 14.4. The number of carbonyl (C=O) groups is 3. The zero-order chi connectivity index (χ0) is 32.7. The molecule has 1 spiro atoms. The van der Waals surface area contributed by atoms with Gasteiger partial charge in [0.2, 0.25) is 11.8 Å². The van der Waals surface area contributed by atoms with Crippen molar-refractivity contribution in [1.29, 1.82) is 0 Å². The van der Waals surface area contributed by atoms with E-state index in [0.29, 0.717) is 19.5 Å². The molecule has 3 aliphatic heterocycles. The van der Waals surface area contributed by atoms with Crippen LogP contribution in [0.5, 0.6) is 0 Å². The molecular weight excluding hydrogens is 582 g/mol. The number of aryl methyl sites for hydroxylation is 2. The van der Waals surface area contributed by atoms with Crippen LogP contribution >= 0.6 is 11.8 Å². The maximum atomic E-state index is 15.1. The lowest BCUT2D eigenvalue weighted by atomic mass is 9.66. The lowest BCUT2D eigenvalue weighted by Gasteiger charge is -2.41. The van der Waals surface area contributed by atoms with E-state index in [-0.39, 0.29) is 36.8 Å². The maximum Gasteiger partial charge on any atom is 0.251 e. The number of benzene rings is 2. The number of fused-ring (bicyclic) bond motifs is 1. The molecule has 3 aliphatic rings. The van der Waals surface area contributed by atoms with E-state index in [4.69, 9.17) is 0 Å². The lowest BCUT2D eigenvalue weighted by molar-refractivity contribution is -0.147. The second kappa shape index (κ2) is 12.8. The van der Waals surface area contributed by atoms with Gasteiger partial charge in [-0.05, 0) is 56.2 Å². The van der Waals surface area contributed by atoms with E-state index in [1.165, 1.54) is 0 Å². The lowest BCUT2D eigenvalue weighted by Crippen LogP contribution is -2.58. The van der Waals surface area contributed by atoms with Crippen LogP contribution in [-0.2, 0) is 20.9 Å². The number of anilines is 1. The Morgan fingerprint density at radius 3 is 2.24 bits per heavy atom. The summed E-state index contributed by atoms with van der Waals surface area (Å²) in [6.45, 7) is 18.7. The fourth-order valence-electron chi connectivity index (χ4n) is 8.18. The van der Waals surface area contributed by atoms with Crippen LogP contribution in [0, 0.1) is 31.6 Å². The van der Waals surface area contributed by atoms with Gasteiger partial charge in [-0.1, -0.05) is 74.5 Å². The average Bonchev–Trinajstić information content (AvgIpc) is 3.57. The molecule has 0 aromatic heterocycles. The predicted molar refractivity (Wildman–Crippen MR) is 182 cm³/mol. The smallest absolute Gasteiger partial charge is 0.251 e. The standard InChI is InChI=1S/C37H47N3O4S/c1-8-20-38(22-27-16-11-10-12-17-27)33(42)29-30-34(43)40(28(23-41)24(3)4)32(37(30)19-18-36(29,7)45-37)35(44)39(21-9-2)31-25(5)14-13-15-26(31)6/h8-17,24,28-30,32,41H,1-2,18-23H2,3-7H3/t28-,29-,30-,32?,36+,37?/m0/s1. The Labute approximate surface area is 272 Å². The third-order valence-corrected chi connectivity index (χ3v) is 12.2. The summed E-state index contributed by atoms with van der Waals surface area (Å²) in [5.41, 5.74) is 3.74. The van der Waals surface area contributed by atoms with Gasteiger partial charge in [0.05, 0.1) is 29.2 Å². The Hall–Kier alpha value is -3.36. The van der Waals surface area contributed by atoms with Crippen LogP contribution in [0.4, 0.5) is 5.69 Å². The molecule has 5 rings (SSSR count). The molecule has 6 atom stereocenters. The van der Waals surface area contributed by atoms with Gasteiger partial charge in [0, 0.05) is 30.1 Å². The first-order valence-corrected chi connectivity index (χ1v) is 16.8. The van der Waals surface area contributed by atoms with Crippen LogP contribution in [0.3, 0.4) is 0 Å². The molecule has 45 heavy (non-hydrogen) atoms. The van der Waals surface area contributed by atoms with Gasteiger partial charge in [-0.25, -0.2) is 0 Å². The van der Waals surface area contributed by atoms with Crippen molar-refractivity contribution < 1.29 is 19.5 Å². The number of para-hydroxylation sites is 1. The van der Waals surface area contributed by atoms with Crippen molar-refractivity contribution in [2.75, 3.05) is 24.6 Å². The summed E-state index contributed by atoms with van der Waals surface area (Å²) < 4.78 is -1.30. The number of aliphatic hydroxyl groups excluding tert-OH is 1. The Morgan fingerprint density at radius 1 is 1.02 bits per heavy atom. The molecule has 3 fully saturated rings. The molecule has 0 aliphatic carbocycles. The van der Waals surface area contributed by atoms with E-state index in [0.717, 1.165) is 28.8 Å². The molecule has 2 bridgehead atoms. The normalized spacial score (nSPS) is 27.4. The van der Waals surface area contributed by atoms with Crippen LogP contribution < -0.4 is 4.90 Å². The van der Waals surface area contributed by atoms with Gasteiger partial charge in [-0.2, -0.15) is 0 Å².